The van der Waals surface area contributed by atoms with Crippen molar-refractivity contribution in [2.45, 2.75) is 87.0 Å². The lowest BCUT2D eigenvalue weighted by atomic mass is 9.38. The van der Waals surface area contributed by atoms with E-state index in [1.54, 1.807) is 0 Å². The van der Waals surface area contributed by atoms with Crippen molar-refractivity contribution in [2.24, 2.45) is 16.3 Å². The molecule has 0 unspecified atom stereocenters. The van der Waals surface area contributed by atoms with Gasteiger partial charge in [0.1, 0.15) is 17.2 Å². The summed E-state index contributed by atoms with van der Waals surface area (Å²) in [5.41, 5.74) is -2.44. The van der Waals surface area contributed by atoms with Crippen LogP contribution in [0.2, 0.25) is 0 Å². The van der Waals surface area contributed by atoms with Gasteiger partial charge in [-0.2, -0.15) is 17.5 Å². The fourth-order valence-corrected chi connectivity index (χ4v) is 9.04. The molecule has 1 heterocycles. The van der Waals surface area contributed by atoms with Crippen LogP contribution < -0.4 is 10.6 Å². The second-order valence-corrected chi connectivity index (χ2v) is 14.9. The highest BCUT2D eigenvalue weighted by molar-refractivity contribution is 7.89. The maximum atomic E-state index is 13.9. The molecule has 1 aliphatic heterocycles. The second kappa shape index (κ2) is 10.6. The first kappa shape index (κ1) is 30.1. The van der Waals surface area contributed by atoms with E-state index in [2.05, 4.69) is 10.6 Å². The lowest BCUT2D eigenvalue weighted by molar-refractivity contribution is -0.151. The third-order valence-corrected chi connectivity index (χ3v) is 11.7. The van der Waals surface area contributed by atoms with Crippen LogP contribution in [0.25, 0.3) is 0 Å². The van der Waals surface area contributed by atoms with E-state index in [4.69, 9.17) is 4.99 Å². The molecule has 0 spiro atoms. The van der Waals surface area contributed by atoms with Crippen molar-refractivity contribution in [1.82, 2.24) is 14.9 Å². The number of amides is 1. The third kappa shape index (κ3) is 5.45. The summed E-state index contributed by atoms with van der Waals surface area (Å²) in [6, 6.07) is 9.01. The molecule has 5 aliphatic rings. The van der Waals surface area contributed by atoms with Gasteiger partial charge in [0.15, 0.2) is 0 Å². The summed E-state index contributed by atoms with van der Waals surface area (Å²) in [5.74, 6) is 0.535. The molecule has 4 saturated carbocycles. The van der Waals surface area contributed by atoms with Crippen molar-refractivity contribution in [3.63, 3.8) is 0 Å². The van der Waals surface area contributed by atoms with E-state index in [-0.39, 0.29) is 23.9 Å². The zero-order valence-corrected chi connectivity index (χ0v) is 24.8. The molecule has 43 heavy (non-hydrogen) atoms. The Bertz CT molecular complexity index is 1500. The fourth-order valence-electron chi connectivity index (χ4n) is 7.29. The molecular weight excluding hydrogens is 584 g/mol. The van der Waals surface area contributed by atoms with Gasteiger partial charge in [-0.1, -0.05) is 31.4 Å². The van der Waals surface area contributed by atoms with Gasteiger partial charge in [0, 0.05) is 24.0 Å². The highest BCUT2D eigenvalue weighted by Gasteiger charge is 2.75. The Morgan fingerprint density at radius 3 is 2.26 bits per heavy atom. The molecule has 0 aromatic heterocycles. The fraction of sp³-hybridized carbons (Fsp3) is 0.548. The summed E-state index contributed by atoms with van der Waals surface area (Å²) in [6.07, 6.45) is 2.78. The number of nitrogens with zero attached hydrogens (tertiary/aromatic N) is 2. The SMILES string of the molecule is C[C@]1(C(=O)NCC2CCCCC2)CN=C(C23CC(N(Cc4ccc(C(F)(F)F)cc4)S(=O)(=O)c4ccc(F)cc4)(C2)C3)N1. The second-order valence-electron chi connectivity index (χ2n) is 13.0. The normalized spacial score (nSPS) is 28.9. The summed E-state index contributed by atoms with van der Waals surface area (Å²) in [6.45, 7) is 2.64. The first-order chi connectivity index (χ1) is 20.2. The van der Waals surface area contributed by atoms with Crippen LogP contribution in [0.4, 0.5) is 17.6 Å². The van der Waals surface area contributed by atoms with Crippen LogP contribution in [0, 0.1) is 17.2 Å². The number of rotatable bonds is 9. The van der Waals surface area contributed by atoms with Crippen molar-refractivity contribution < 1.29 is 30.8 Å². The largest absolute Gasteiger partial charge is 0.416 e. The van der Waals surface area contributed by atoms with Crippen LogP contribution in [0.1, 0.15) is 69.4 Å². The van der Waals surface area contributed by atoms with Crippen LogP contribution >= 0.6 is 0 Å². The number of sulfonamides is 1. The first-order valence-corrected chi connectivity index (χ1v) is 16.2. The van der Waals surface area contributed by atoms with Gasteiger partial charge in [-0.05, 0) is 86.9 Å². The molecule has 12 heteroatoms. The smallest absolute Gasteiger partial charge is 0.358 e. The Morgan fingerprint density at radius 2 is 1.65 bits per heavy atom. The van der Waals surface area contributed by atoms with Gasteiger partial charge in [0.25, 0.3) is 0 Å². The molecule has 0 saturated heterocycles. The lowest BCUT2D eigenvalue weighted by Gasteiger charge is -2.73. The summed E-state index contributed by atoms with van der Waals surface area (Å²) in [4.78, 5) is 17.8. The third-order valence-electron chi connectivity index (χ3n) is 9.77. The minimum absolute atomic E-state index is 0.0851. The molecule has 2 bridgehead atoms. The maximum Gasteiger partial charge on any atom is 0.416 e. The lowest BCUT2D eigenvalue weighted by Crippen LogP contribution is -2.79. The number of hydrogen-bond donors (Lipinski definition) is 2. The van der Waals surface area contributed by atoms with Crippen LogP contribution in [-0.4, -0.2) is 48.6 Å². The molecular formula is C31H36F4N4O3S. The molecule has 2 N–H and O–H groups in total. The van der Waals surface area contributed by atoms with E-state index < -0.39 is 44.1 Å². The zero-order chi connectivity index (χ0) is 30.7. The van der Waals surface area contributed by atoms with E-state index in [1.165, 1.54) is 47.8 Å². The molecule has 4 fully saturated rings. The number of halogens is 4. The Morgan fingerprint density at radius 1 is 1.02 bits per heavy atom. The highest BCUT2D eigenvalue weighted by Crippen LogP contribution is 2.71. The molecule has 1 amide bonds. The van der Waals surface area contributed by atoms with Gasteiger partial charge >= 0.3 is 6.18 Å². The van der Waals surface area contributed by atoms with Crippen LogP contribution in [0.5, 0.6) is 0 Å². The number of nitrogens with one attached hydrogen (secondary N) is 2. The molecule has 7 nitrogen and oxygen atoms in total. The number of aliphatic imine (C=N–C) groups is 1. The summed E-state index contributed by atoms with van der Waals surface area (Å²) < 4.78 is 82.1. The van der Waals surface area contributed by atoms with Gasteiger partial charge in [-0.3, -0.25) is 9.79 Å². The average molecular weight is 621 g/mol. The standard InChI is InChI=1S/C31H36F4N4O3S/c1-28(27(40)36-15-21-5-3-2-4-6-21)20-37-26(38-28)29-17-30(18-29,19-29)39(43(41,42)25-13-11-24(32)12-14-25)16-22-7-9-23(10-8-22)31(33,34)35/h7-14,21H,2-6,15-20H2,1H3,(H,36,40)(H,37,38)/t28-,29?,30?/m1/s1. The van der Waals surface area contributed by atoms with Gasteiger partial charge in [0.2, 0.25) is 15.9 Å². The van der Waals surface area contributed by atoms with E-state index >= 15 is 0 Å². The van der Waals surface area contributed by atoms with Crippen molar-refractivity contribution >= 4 is 21.8 Å². The Kier molecular flexibility index (Phi) is 7.39. The molecule has 2 aromatic rings. The van der Waals surface area contributed by atoms with Crippen LogP contribution in [-0.2, 0) is 27.5 Å². The zero-order valence-electron chi connectivity index (χ0n) is 24.0. The van der Waals surface area contributed by atoms with Crippen molar-refractivity contribution in [3.05, 3.63) is 65.5 Å². The average Bonchev–Trinajstić information content (AvgIpc) is 3.33. The van der Waals surface area contributed by atoms with Gasteiger partial charge < -0.3 is 10.6 Å². The van der Waals surface area contributed by atoms with E-state index in [0.717, 1.165) is 37.1 Å². The van der Waals surface area contributed by atoms with E-state index in [9.17, 15) is 30.8 Å². The van der Waals surface area contributed by atoms with Crippen molar-refractivity contribution in [3.8, 4) is 0 Å². The highest BCUT2D eigenvalue weighted by atomic mass is 32.2. The Labute approximate surface area is 249 Å². The Balaban J connectivity index is 1.17. The minimum atomic E-state index is -4.51. The van der Waals surface area contributed by atoms with Gasteiger partial charge in [0.05, 0.1) is 17.0 Å². The van der Waals surface area contributed by atoms with Crippen molar-refractivity contribution in [1.29, 1.82) is 0 Å². The summed E-state index contributed by atoms with van der Waals surface area (Å²) >= 11 is 0. The van der Waals surface area contributed by atoms with E-state index in [0.29, 0.717) is 43.1 Å². The maximum absolute atomic E-state index is 13.9. The van der Waals surface area contributed by atoms with Gasteiger partial charge in [-0.25, -0.2) is 12.8 Å². The minimum Gasteiger partial charge on any atom is -0.358 e. The molecule has 4 aliphatic carbocycles. The molecule has 7 rings (SSSR count). The summed E-state index contributed by atoms with van der Waals surface area (Å²) in [7, 11) is -4.12. The first-order valence-electron chi connectivity index (χ1n) is 14.8. The number of amidine groups is 1. The van der Waals surface area contributed by atoms with E-state index in [1.807, 2.05) is 6.92 Å². The van der Waals surface area contributed by atoms with Crippen molar-refractivity contribution in [2.75, 3.05) is 13.1 Å². The topological polar surface area (TPSA) is 90.9 Å². The monoisotopic (exact) mass is 620 g/mol. The van der Waals surface area contributed by atoms with Crippen LogP contribution in [0.3, 0.4) is 0 Å². The summed E-state index contributed by atoms with van der Waals surface area (Å²) in [5, 5.41) is 6.46. The quantitative estimate of drug-likeness (QED) is 0.367. The number of alkyl halides is 3. The van der Waals surface area contributed by atoms with Crippen LogP contribution in [0.15, 0.2) is 58.4 Å². The predicted molar refractivity (Wildman–Crippen MR) is 153 cm³/mol. The molecule has 232 valence electrons. The number of benzene rings is 2. The van der Waals surface area contributed by atoms with Gasteiger partial charge in [-0.15, -0.1) is 0 Å². The predicted octanol–water partition coefficient (Wildman–Crippen LogP) is 5.42. The molecule has 1 atom stereocenters. The molecule has 0 radical (unpaired) electrons. The Hall–Kier alpha value is -2.99. The number of carbonyl (C=O) groups is 1. The molecule has 2 aromatic carbocycles. The number of carbonyl (C=O) groups excluding carboxylic acids is 1. The number of hydrogen-bond acceptors (Lipinski definition) is 5.